The molecule has 2 aliphatic heterocycles. The summed E-state index contributed by atoms with van der Waals surface area (Å²) in [5.74, 6) is -1.14. The van der Waals surface area contributed by atoms with Crippen LogP contribution in [0.5, 0.6) is 0 Å². The van der Waals surface area contributed by atoms with Crippen LogP contribution in [-0.2, 0) is 4.79 Å². The van der Waals surface area contributed by atoms with Crippen molar-refractivity contribution in [1.29, 1.82) is 0 Å². The van der Waals surface area contributed by atoms with Crippen molar-refractivity contribution < 1.29 is 18.0 Å². The quantitative estimate of drug-likeness (QED) is 0.390. The average molecular weight is 562 g/mol. The summed E-state index contributed by atoms with van der Waals surface area (Å²) < 4.78 is 43.0. The van der Waals surface area contributed by atoms with Crippen LogP contribution in [0.4, 0.5) is 13.2 Å². The molecule has 0 amide bonds. The zero-order valence-corrected chi connectivity index (χ0v) is 21.2. The fourth-order valence-electron chi connectivity index (χ4n) is 4.92. The second-order valence-corrected chi connectivity index (χ2v) is 10.5. The first-order valence-electron chi connectivity index (χ1n) is 11.6. The first-order chi connectivity index (χ1) is 16.8. The fraction of sp³-hybridized carbons (Fsp3) is 0.385. The van der Waals surface area contributed by atoms with Crippen LogP contribution in [0.2, 0.25) is 0 Å². The molecule has 3 heterocycles. The number of carbonyl (C=O) groups is 1. The minimum absolute atomic E-state index is 0.0837. The SMILES string of the molecule is O=C(C1=C(Br)C2CC=C(C3=CCCN=C3)C=C(C(F)(F)F)C2=N1)C1CC=C(c2cscn2)CCC1. The summed E-state index contributed by atoms with van der Waals surface area (Å²) in [5.41, 5.74) is 4.28. The molecule has 4 aliphatic rings. The van der Waals surface area contributed by atoms with E-state index < -0.39 is 17.7 Å². The predicted molar refractivity (Wildman–Crippen MR) is 137 cm³/mol. The number of hydrogen-bond acceptors (Lipinski definition) is 5. The highest BCUT2D eigenvalue weighted by Gasteiger charge is 2.45. The van der Waals surface area contributed by atoms with Crippen molar-refractivity contribution in [2.75, 3.05) is 6.54 Å². The maximum Gasteiger partial charge on any atom is 0.418 e. The van der Waals surface area contributed by atoms with Gasteiger partial charge in [0.1, 0.15) is 5.70 Å². The van der Waals surface area contributed by atoms with E-state index in [0.717, 1.165) is 30.2 Å². The molecule has 4 nitrogen and oxygen atoms in total. The van der Waals surface area contributed by atoms with Gasteiger partial charge < -0.3 is 0 Å². The van der Waals surface area contributed by atoms with E-state index in [1.807, 2.05) is 11.5 Å². The van der Waals surface area contributed by atoms with Gasteiger partial charge in [0.2, 0.25) is 0 Å². The molecule has 182 valence electrons. The monoisotopic (exact) mass is 561 g/mol. The van der Waals surface area contributed by atoms with Crippen molar-refractivity contribution in [3.8, 4) is 0 Å². The number of ketones is 1. The summed E-state index contributed by atoms with van der Waals surface area (Å²) in [7, 11) is 0. The van der Waals surface area contributed by atoms with E-state index in [0.29, 0.717) is 47.9 Å². The first kappa shape index (κ1) is 24.3. The lowest BCUT2D eigenvalue weighted by Crippen LogP contribution is -2.24. The van der Waals surface area contributed by atoms with E-state index in [1.165, 1.54) is 11.3 Å². The van der Waals surface area contributed by atoms with Crippen LogP contribution >= 0.6 is 27.3 Å². The largest absolute Gasteiger partial charge is 0.418 e. The number of aliphatic imine (C=N–C) groups is 2. The zero-order valence-electron chi connectivity index (χ0n) is 18.8. The lowest BCUT2D eigenvalue weighted by molar-refractivity contribution is -0.119. The first-order valence-corrected chi connectivity index (χ1v) is 13.4. The summed E-state index contributed by atoms with van der Waals surface area (Å²) in [6, 6.07) is 0. The van der Waals surface area contributed by atoms with Crippen molar-refractivity contribution in [3.63, 3.8) is 0 Å². The number of Topliss-reactive ketones (excluding diaryl/α,β-unsaturated/α-hetero) is 1. The third kappa shape index (κ3) is 4.98. The van der Waals surface area contributed by atoms with Crippen LogP contribution in [0, 0.1) is 11.8 Å². The third-order valence-electron chi connectivity index (χ3n) is 6.75. The van der Waals surface area contributed by atoms with Crippen LogP contribution in [0.3, 0.4) is 0 Å². The van der Waals surface area contributed by atoms with Crippen molar-refractivity contribution in [3.05, 3.63) is 67.8 Å². The maximum atomic E-state index is 14.2. The molecule has 5 rings (SSSR count). The molecule has 0 saturated carbocycles. The van der Waals surface area contributed by atoms with Gasteiger partial charge in [-0.2, -0.15) is 13.2 Å². The Morgan fingerprint density at radius 2 is 2.00 bits per heavy atom. The van der Waals surface area contributed by atoms with Gasteiger partial charge in [0.05, 0.1) is 22.5 Å². The number of halogens is 4. The number of alkyl halides is 3. The van der Waals surface area contributed by atoms with Crippen molar-refractivity contribution in [2.24, 2.45) is 21.8 Å². The molecule has 0 bridgehead atoms. The normalized spacial score (nSPS) is 25.1. The summed E-state index contributed by atoms with van der Waals surface area (Å²) >= 11 is 5.01. The fourth-order valence-corrected chi connectivity index (χ4v) is 6.18. The molecule has 1 aromatic heterocycles. The third-order valence-corrected chi connectivity index (χ3v) is 8.26. The van der Waals surface area contributed by atoms with Crippen LogP contribution in [-0.4, -0.2) is 35.4 Å². The average Bonchev–Trinajstić information content (AvgIpc) is 3.33. The second-order valence-electron chi connectivity index (χ2n) is 8.97. The summed E-state index contributed by atoms with van der Waals surface area (Å²) in [5, 5.41) is 1.99. The molecule has 0 saturated heterocycles. The number of dihydropyridines is 1. The number of rotatable bonds is 4. The number of hydrogen-bond donors (Lipinski definition) is 0. The second kappa shape index (κ2) is 9.93. The Bertz CT molecular complexity index is 1250. The minimum atomic E-state index is -4.59. The van der Waals surface area contributed by atoms with Crippen LogP contribution in [0.15, 0.2) is 72.1 Å². The Labute approximate surface area is 214 Å². The smallest absolute Gasteiger partial charge is 0.292 e. The molecule has 2 unspecified atom stereocenters. The van der Waals surface area contributed by atoms with Gasteiger partial charge in [-0.25, -0.2) is 9.98 Å². The topological polar surface area (TPSA) is 54.7 Å². The summed E-state index contributed by atoms with van der Waals surface area (Å²) in [6.07, 6.45) is 7.83. The molecule has 0 aromatic carbocycles. The number of carbonyl (C=O) groups excluding carboxylic acids is 1. The van der Waals surface area contributed by atoms with E-state index >= 15 is 0 Å². The number of allylic oxidation sites excluding steroid dienone is 9. The molecule has 1 aromatic rings. The number of nitrogens with zero attached hydrogens (tertiary/aromatic N) is 3. The summed E-state index contributed by atoms with van der Waals surface area (Å²) in [4.78, 5) is 26.4. The number of thiazole rings is 1. The van der Waals surface area contributed by atoms with Crippen LogP contribution < -0.4 is 0 Å². The highest BCUT2D eigenvalue weighted by Crippen LogP contribution is 2.44. The Hall–Kier alpha value is -2.39. The van der Waals surface area contributed by atoms with E-state index in [9.17, 15) is 18.0 Å². The van der Waals surface area contributed by atoms with Gasteiger partial charge in [-0.05, 0) is 61.3 Å². The molecule has 0 N–H and O–H groups in total. The van der Waals surface area contributed by atoms with E-state index in [-0.39, 0.29) is 23.1 Å². The Morgan fingerprint density at radius 3 is 2.71 bits per heavy atom. The Morgan fingerprint density at radius 1 is 1.14 bits per heavy atom. The molecule has 0 fully saturated rings. The molecule has 0 spiro atoms. The highest BCUT2D eigenvalue weighted by molar-refractivity contribution is 9.11. The van der Waals surface area contributed by atoms with Gasteiger partial charge >= 0.3 is 6.18 Å². The zero-order chi connectivity index (χ0) is 24.6. The molecule has 0 radical (unpaired) electrons. The van der Waals surface area contributed by atoms with Gasteiger partial charge in [-0.3, -0.25) is 9.79 Å². The lowest BCUT2D eigenvalue weighted by Gasteiger charge is -2.16. The molecular formula is C26H23BrF3N3OS. The van der Waals surface area contributed by atoms with Crippen molar-refractivity contribution >= 4 is 50.5 Å². The lowest BCUT2D eigenvalue weighted by atomic mass is 9.92. The molecular weight excluding hydrogens is 539 g/mol. The standard InChI is InChI=1S/C26H23BrF3N3OS/c27-22-19-9-8-17(18-5-2-10-31-12-18)11-20(26(28,29)30)23(19)33-24(22)25(34)16-4-1-3-15(6-7-16)21-13-35-14-32-21/h5-6,8,11-14,16,19H,1-4,7,9-10H2. The number of fused-ring (bicyclic) bond motifs is 1. The van der Waals surface area contributed by atoms with E-state index in [1.54, 1.807) is 17.8 Å². The molecule has 9 heteroatoms. The summed E-state index contributed by atoms with van der Waals surface area (Å²) in [6.45, 7) is 0.642. The van der Waals surface area contributed by atoms with E-state index in [2.05, 4.69) is 37.0 Å². The molecule has 2 atom stereocenters. The van der Waals surface area contributed by atoms with Gasteiger partial charge in [0.15, 0.2) is 5.78 Å². The Kier molecular flexibility index (Phi) is 6.90. The van der Waals surface area contributed by atoms with Gasteiger partial charge in [-0.15, -0.1) is 11.3 Å². The maximum absolute atomic E-state index is 14.2. The van der Waals surface area contributed by atoms with E-state index in [4.69, 9.17) is 0 Å². The predicted octanol–water partition coefficient (Wildman–Crippen LogP) is 7.18. The van der Waals surface area contributed by atoms with Gasteiger partial charge in [0.25, 0.3) is 0 Å². The molecule has 35 heavy (non-hydrogen) atoms. The number of aromatic nitrogens is 1. The highest BCUT2D eigenvalue weighted by atomic mass is 79.9. The van der Waals surface area contributed by atoms with Crippen molar-refractivity contribution in [1.82, 2.24) is 4.98 Å². The van der Waals surface area contributed by atoms with Crippen LogP contribution in [0.1, 0.15) is 44.2 Å². The van der Waals surface area contributed by atoms with Gasteiger partial charge in [0, 0.05) is 34.5 Å². The Balaban J connectivity index is 1.44. The minimum Gasteiger partial charge on any atom is -0.292 e. The van der Waals surface area contributed by atoms with Crippen LogP contribution in [0.25, 0.3) is 5.57 Å². The van der Waals surface area contributed by atoms with Crippen molar-refractivity contribution in [2.45, 2.75) is 44.7 Å². The molecule has 2 aliphatic carbocycles. The van der Waals surface area contributed by atoms with Gasteiger partial charge in [-0.1, -0.05) is 34.2 Å².